The molecule has 0 atom stereocenters. The van der Waals surface area contributed by atoms with Gasteiger partial charge in [-0.2, -0.15) is 5.26 Å². The zero-order valence-electron chi connectivity index (χ0n) is 11.3. The number of ether oxygens (including phenoxy) is 2. The Morgan fingerprint density at radius 1 is 1.29 bits per heavy atom. The molecule has 2 aromatic carbocycles. The van der Waals surface area contributed by atoms with Crippen LogP contribution in [0.2, 0.25) is 0 Å². The Bertz CT molecular complexity index is 693. The summed E-state index contributed by atoms with van der Waals surface area (Å²) in [7, 11) is 1.20. The Balaban J connectivity index is 2.30. The number of benzene rings is 2. The van der Waals surface area contributed by atoms with Crippen LogP contribution < -0.4 is 4.74 Å². The largest absolute Gasteiger partial charge is 0.487 e. The van der Waals surface area contributed by atoms with E-state index in [2.05, 4.69) is 4.74 Å². The van der Waals surface area contributed by atoms with Crippen molar-refractivity contribution in [1.29, 1.82) is 5.26 Å². The molecule has 0 spiro atoms. The van der Waals surface area contributed by atoms with Gasteiger partial charge in [0.1, 0.15) is 29.8 Å². The van der Waals surface area contributed by atoms with Crippen LogP contribution in [0.5, 0.6) is 5.75 Å². The van der Waals surface area contributed by atoms with Gasteiger partial charge in [0.15, 0.2) is 0 Å². The van der Waals surface area contributed by atoms with Crippen molar-refractivity contribution in [3.05, 3.63) is 65.0 Å². The highest BCUT2D eigenvalue weighted by Gasteiger charge is 2.16. The maximum atomic E-state index is 13.8. The number of nitriles is 1. The number of methoxy groups -OCH3 is 1. The van der Waals surface area contributed by atoms with Crippen molar-refractivity contribution in [2.45, 2.75) is 6.61 Å². The Morgan fingerprint density at radius 2 is 2.00 bits per heavy atom. The fourth-order valence-electron chi connectivity index (χ4n) is 1.77. The molecule has 0 saturated heterocycles. The molecule has 0 bridgehead atoms. The first-order valence-electron chi connectivity index (χ1n) is 6.14. The van der Waals surface area contributed by atoms with Crippen LogP contribution in [-0.4, -0.2) is 13.1 Å². The van der Waals surface area contributed by atoms with Crippen molar-refractivity contribution in [1.82, 2.24) is 0 Å². The topological polar surface area (TPSA) is 59.3 Å². The van der Waals surface area contributed by atoms with Crippen LogP contribution in [0.4, 0.5) is 4.39 Å². The van der Waals surface area contributed by atoms with Crippen LogP contribution in [0, 0.1) is 17.1 Å². The predicted octanol–water partition coefficient (Wildman–Crippen LogP) is 3.06. The number of rotatable bonds is 4. The summed E-state index contributed by atoms with van der Waals surface area (Å²) in [5, 5.41) is 9.00. The third kappa shape index (κ3) is 3.37. The third-order valence-corrected chi connectivity index (χ3v) is 2.82. The number of esters is 1. The van der Waals surface area contributed by atoms with Gasteiger partial charge in [-0.15, -0.1) is 0 Å². The number of hydrogen-bond donors (Lipinski definition) is 0. The van der Waals surface area contributed by atoms with E-state index in [1.54, 1.807) is 6.07 Å². The summed E-state index contributed by atoms with van der Waals surface area (Å²) in [6.07, 6.45) is 0. The number of carbonyl (C=O) groups excluding carboxylic acids is 1. The third-order valence-electron chi connectivity index (χ3n) is 2.82. The normalized spacial score (nSPS) is 9.76. The molecular formula is C16H12FNO3. The average Bonchev–Trinajstić information content (AvgIpc) is 2.52. The van der Waals surface area contributed by atoms with Gasteiger partial charge in [-0.25, -0.2) is 9.18 Å². The monoisotopic (exact) mass is 285 g/mol. The van der Waals surface area contributed by atoms with Gasteiger partial charge < -0.3 is 9.47 Å². The lowest BCUT2D eigenvalue weighted by Gasteiger charge is -2.10. The van der Waals surface area contributed by atoms with Crippen LogP contribution in [0.3, 0.4) is 0 Å². The van der Waals surface area contributed by atoms with Crippen molar-refractivity contribution in [3.63, 3.8) is 0 Å². The molecule has 0 aromatic heterocycles. The van der Waals surface area contributed by atoms with E-state index in [-0.39, 0.29) is 23.5 Å². The smallest absolute Gasteiger partial charge is 0.338 e. The number of hydrogen-bond acceptors (Lipinski definition) is 4. The molecule has 4 nitrogen and oxygen atoms in total. The summed E-state index contributed by atoms with van der Waals surface area (Å²) < 4.78 is 23.8. The first-order chi connectivity index (χ1) is 10.2. The zero-order chi connectivity index (χ0) is 15.2. The minimum absolute atomic E-state index is 0.00272. The Morgan fingerprint density at radius 3 is 2.62 bits per heavy atom. The highest BCUT2D eigenvalue weighted by molar-refractivity contribution is 5.90. The highest BCUT2D eigenvalue weighted by atomic mass is 19.1. The molecule has 21 heavy (non-hydrogen) atoms. The number of carbonyl (C=O) groups is 1. The second-order valence-electron chi connectivity index (χ2n) is 4.21. The van der Waals surface area contributed by atoms with Gasteiger partial charge in [0.25, 0.3) is 0 Å². The van der Waals surface area contributed by atoms with Crippen LogP contribution >= 0.6 is 0 Å². The van der Waals surface area contributed by atoms with Gasteiger partial charge in [-0.1, -0.05) is 30.3 Å². The van der Waals surface area contributed by atoms with E-state index in [4.69, 9.17) is 10.00 Å². The first-order valence-corrected chi connectivity index (χ1v) is 6.14. The van der Waals surface area contributed by atoms with Crippen LogP contribution in [0.25, 0.3) is 0 Å². The van der Waals surface area contributed by atoms with Crippen molar-refractivity contribution in [2.24, 2.45) is 0 Å². The molecule has 2 aromatic rings. The second kappa shape index (κ2) is 6.53. The van der Waals surface area contributed by atoms with E-state index in [1.807, 2.05) is 30.3 Å². The first kappa shape index (κ1) is 14.5. The molecule has 0 aliphatic heterocycles. The summed E-state index contributed by atoms with van der Waals surface area (Å²) in [5.41, 5.74) is 0.626. The van der Waals surface area contributed by atoms with E-state index < -0.39 is 11.8 Å². The molecule has 0 fully saturated rings. The van der Waals surface area contributed by atoms with Gasteiger partial charge in [-0.3, -0.25) is 0 Å². The summed E-state index contributed by atoms with van der Waals surface area (Å²) in [4.78, 5) is 11.5. The fourth-order valence-corrected chi connectivity index (χ4v) is 1.77. The molecule has 106 valence electrons. The lowest BCUT2D eigenvalue weighted by atomic mass is 10.1. The molecular weight excluding hydrogens is 273 g/mol. The summed E-state index contributed by atoms with van der Waals surface area (Å²) in [6.45, 7) is 0.166. The molecule has 0 aliphatic carbocycles. The van der Waals surface area contributed by atoms with Crippen LogP contribution in [0.15, 0.2) is 42.5 Å². The molecule has 0 N–H and O–H groups in total. The summed E-state index contributed by atoms with van der Waals surface area (Å²) >= 11 is 0. The van der Waals surface area contributed by atoms with E-state index in [9.17, 15) is 9.18 Å². The molecule has 0 amide bonds. The van der Waals surface area contributed by atoms with Crippen molar-refractivity contribution in [2.75, 3.05) is 7.11 Å². The minimum Gasteiger partial charge on any atom is -0.487 e. The zero-order valence-corrected chi connectivity index (χ0v) is 11.3. The van der Waals surface area contributed by atoms with Crippen molar-refractivity contribution >= 4 is 5.97 Å². The minimum atomic E-state index is -0.816. The molecule has 0 saturated carbocycles. The highest BCUT2D eigenvalue weighted by Crippen LogP contribution is 2.24. The Hall–Kier alpha value is -2.87. The van der Waals surface area contributed by atoms with E-state index >= 15 is 0 Å². The maximum absolute atomic E-state index is 13.8. The van der Waals surface area contributed by atoms with Crippen LogP contribution in [-0.2, 0) is 11.3 Å². The van der Waals surface area contributed by atoms with Gasteiger partial charge >= 0.3 is 5.97 Å². The van der Waals surface area contributed by atoms with Gasteiger partial charge in [0, 0.05) is 0 Å². The average molecular weight is 285 g/mol. The summed E-state index contributed by atoms with van der Waals surface area (Å²) in [6, 6.07) is 13.2. The fraction of sp³-hybridized carbons (Fsp3) is 0.125. The molecule has 5 heteroatoms. The van der Waals surface area contributed by atoms with E-state index in [0.29, 0.717) is 0 Å². The lowest BCUT2D eigenvalue weighted by Crippen LogP contribution is -2.05. The Kier molecular flexibility index (Phi) is 4.52. The molecule has 0 aliphatic rings. The van der Waals surface area contributed by atoms with Crippen molar-refractivity contribution < 1.29 is 18.7 Å². The molecule has 0 radical (unpaired) electrons. The second-order valence-corrected chi connectivity index (χ2v) is 4.21. The summed E-state index contributed by atoms with van der Waals surface area (Å²) in [5.74, 6) is -1.49. The van der Waals surface area contributed by atoms with E-state index in [1.165, 1.54) is 13.2 Å². The predicted molar refractivity (Wildman–Crippen MR) is 73.2 cm³/mol. The number of halogens is 1. The lowest BCUT2D eigenvalue weighted by molar-refractivity contribution is 0.0599. The van der Waals surface area contributed by atoms with Gasteiger partial charge in [0.2, 0.25) is 0 Å². The molecule has 2 rings (SSSR count). The molecule has 0 heterocycles. The van der Waals surface area contributed by atoms with Crippen molar-refractivity contribution in [3.8, 4) is 11.8 Å². The quantitative estimate of drug-likeness (QED) is 0.810. The van der Waals surface area contributed by atoms with Crippen LogP contribution in [0.1, 0.15) is 21.5 Å². The van der Waals surface area contributed by atoms with Gasteiger partial charge in [-0.05, 0) is 17.7 Å². The molecule has 0 unspecified atom stereocenters. The van der Waals surface area contributed by atoms with Gasteiger partial charge in [0.05, 0.1) is 12.7 Å². The Labute approximate surface area is 121 Å². The van der Waals surface area contributed by atoms with E-state index in [0.717, 1.165) is 11.6 Å². The SMILES string of the molecule is COC(=O)c1cc(F)c(C#N)c(OCc2ccccc2)c1. The number of nitrogens with zero attached hydrogens (tertiary/aromatic N) is 1. The maximum Gasteiger partial charge on any atom is 0.338 e. The standard InChI is InChI=1S/C16H12FNO3/c1-20-16(19)12-7-14(17)13(9-18)15(8-12)21-10-11-5-3-2-4-6-11/h2-8H,10H2,1H3.